The second kappa shape index (κ2) is 7.16. The Balaban J connectivity index is 2.08. The van der Waals surface area contributed by atoms with E-state index in [1.807, 2.05) is 6.07 Å². The molecule has 1 aromatic heterocycles. The lowest BCUT2D eigenvalue weighted by atomic mass is 10.2. The van der Waals surface area contributed by atoms with E-state index in [2.05, 4.69) is 4.72 Å². The van der Waals surface area contributed by atoms with E-state index < -0.39 is 16.0 Å². The summed E-state index contributed by atoms with van der Waals surface area (Å²) in [7, 11) is -3.75. The molecule has 0 saturated carbocycles. The number of nitrogens with one attached hydrogen (secondary N) is 1. The molecule has 1 aromatic carbocycles. The molecular weight excluding hydrogens is 340 g/mol. The zero-order chi connectivity index (χ0) is 17.0. The van der Waals surface area contributed by atoms with Crippen LogP contribution in [0.3, 0.4) is 0 Å². The van der Waals surface area contributed by atoms with E-state index >= 15 is 0 Å². The van der Waals surface area contributed by atoms with Crippen molar-refractivity contribution < 1.29 is 18.3 Å². The van der Waals surface area contributed by atoms with Crippen molar-refractivity contribution in [2.24, 2.45) is 0 Å². The van der Waals surface area contributed by atoms with E-state index in [-0.39, 0.29) is 17.1 Å². The van der Waals surface area contributed by atoms with Crippen molar-refractivity contribution in [3.05, 3.63) is 52.8 Å². The average molecular weight is 357 g/mol. The van der Waals surface area contributed by atoms with Crippen LogP contribution in [0.2, 0.25) is 5.02 Å². The Hall–Kier alpha value is -1.83. The Morgan fingerprint density at radius 3 is 2.65 bits per heavy atom. The molecule has 0 atom stereocenters. The molecule has 2 aromatic rings. The van der Waals surface area contributed by atoms with Crippen LogP contribution in [0.5, 0.6) is 0 Å². The van der Waals surface area contributed by atoms with Crippen molar-refractivity contribution in [2.45, 2.75) is 24.8 Å². The number of hydrogen-bond donors (Lipinski definition) is 2. The molecule has 23 heavy (non-hydrogen) atoms. The number of aryl methyl sites for hydroxylation is 1. The lowest BCUT2D eigenvalue weighted by Crippen LogP contribution is -2.25. The fourth-order valence-corrected chi connectivity index (χ4v) is 3.46. The van der Waals surface area contributed by atoms with Crippen molar-refractivity contribution >= 4 is 27.6 Å². The highest BCUT2D eigenvalue weighted by atomic mass is 35.5. The molecule has 0 saturated heterocycles. The van der Waals surface area contributed by atoms with Crippen LogP contribution in [0.1, 0.15) is 23.0 Å². The number of halogens is 1. The van der Waals surface area contributed by atoms with E-state index in [1.165, 1.54) is 10.8 Å². The van der Waals surface area contributed by atoms with Gasteiger partial charge in [-0.15, -0.1) is 0 Å². The molecule has 0 bridgehead atoms. The van der Waals surface area contributed by atoms with Gasteiger partial charge in [-0.1, -0.05) is 23.7 Å². The maximum atomic E-state index is 12.2. The van der Waals surface area contributed by atoms with Crippen LogP contribution >= 0.6 is 11.6 Å². The second-order valence-corrected chi connectivity index (χ2v) is 7.13. The summed E-state index contributed by atoms with van der Waals surface area (Å²) >= 11 is 5.88. The predicted octanol–water partition coefficient (Wildman–Crippen LogP) is 2.38. The predicted molar refractivity (Wildman–Crippen MR) is 87.4 cm³/mol. The Labute approximate surface area is 139 Å². The van der Waals surface area contributed by atoms with E-state index in [4.69, 9.17) is 16.7 Å². The number of nitrogens with zero attached hydrogens (tertiary/aromatic N) is 1. The maximum Gasteiger partial charge on any atom is 0.352 e. The van der Waals surface area contributed by atoms with E-state index in [0.717, 1.165) is 11.6 Å². The summed E-state index contributed by atoms with van der Waals surface area (Å²) in [5.74, 6) is -1.16. The third-order valence-corrected chi connectivity index (χ3v) is 5.00. The first kappa shape index (κ1) is 17.5. The topological polar surface area (TPSA) is 88.4 Å². The first-order valence-electron chi connectivity index (χ1n) is 7.01. The summed E-state index contributed by atoms with van der Waals surface area (Å²) in [6.45, 7) is 2.32. The van der Waals surface area contributed by atoms with Gasteiger partial charge in [-0.3, -0.25) is 0 Å². The zero-order valence-electron chi connectivity index (χ0n) is 12.5. The number of carboxylic acids is 1. The smallest absolute Gasteiger partial charge is 0.352 e. The SMILES string of the molecule is CCn1cc(S(=O)(=O)NCCc2cccc(Cl)c2)cc1C(=O)O. The van der Waals surface area contributed by atoms with Crippen LogP contribution in [0.15, 0.2) is 41.4 Å². The number of carbonyl (C=O) groups is 1. The summed E-state index contributed by atoms with van der Waals surface area (Å²) in [6, 6.07) is 8.33. The van der Waals surface area contributed by atoms with Gasteiger partial charge in [-0.25, -0.2) is 17.9 Å². The molecule has 0 fully saturated rings. The highest BCUT2D eigenvalue weighted by Gasteiger charge is 2.20. The van der Waals surface area contributed by atoms with E-state index in [1.54, 1.807) is 25.1 Å². The minimum atomic E-state index is -3.75. The number of hydrogen-bond acceptors (Lipinski definition) is 3. The summed E-state index contributed by atoms with van der Waals surface area (Å²) in [4.78, 5) is 11.1. The number of carboxylic acid groups (broad SMARTS) is 1. The molecule has 0 aliphatic heterocycles. The molecule has 6 nitrogen and oxygen atoms in total. The quantitative estimate of drug-likeness (QED) is 0.797. The van der Waals surface area contributed by atoms with E-state index in [0.29, 0.717) is 18.0 Å². The fraction of sp³-hybridized carbons (Fsp3) is 0.267. The van der Waals surface area contributed by atoms with Crippen molar-refractivity contribution in [1.82, 2.24) is 9.29 Å². The van der Waals surface area contributed by atoms with Crippen LogP contribution < -0.4 is 4.72 Å². The number of aromatic carboxylic acids is 1. The van der Waals surface area contributed by atoms with Crippen LogP contribution in [-0.4, -0.2) is 30.6 Å². The largest absolute Gasteiger partial charge is 0.477 e. The third-order valence-electron chi connectivity index (χ3n) is 3.34. The van der Waals surface area contributed by atoms with Crippen LogP contribution in [0, 0.1) is 0 Å². The average Bonchev–Trinajstić information content (AvgIpc) is 2.92. The van der Waals surface area contributed by atoms with Gasteiger partial charge >= 0.3 is 5.97 Å². The molecule has 2 N–H and O–H groups in total. The first-order valence-corrected chi connectivity index (χ1v) is 8.87. The Bertz CT molecular complexity index is 815. The second-order valence-electron chi connectivity index (χ2n) is 4.93. The molecule has 0 spiro atoms. The highest BCUT2D eigenvalue weighted by Crippen LogP contribution is 2.15. The lowest BCUT2D eigenvalue weighted by molar-refractivity contribution is 0.0685. The van der Waals surface area contributed by atoms with Crippen molar-refractivity contribution in [2.75, 3.05) is 6.54 Å². The Morgan fingerprint density at radius 1 is 1.35 bits per heavy atom. The summed E-state index contributed by atoms with van der Waals surface area (Å²) in [6.07, 6.45) is 1.81. The van der Waals surface area contributed by atoms with E-state index in [9.17, 15) is 13.2 Å². The van der Waals surface area contributed by atoms with Gasteiger partial charge in [0.2, 0.25) is 10.0 Å². The van der Waals surface area contributed by atoms with Crippen LogP contribution in [0.4, 0.5) is 0 Å². The molecule has 0 aliphatic rings. The molecule has 8 heteroatoms. The molecule has 124 valence electrons. The monoisotopic (exact) mass is 356 g/mol. The molecule has 0 unspecified atom stereocenters. The van der Waals surface area contributed by atoms with Gasteiger partial charge in [0.25, 0.3) is 0 Å². The summed E-state index contributed by atoms with van der Waals surface area (Å²) in [5.41, 5.74) is 0.861. The van der Waals surface area contributed by atoms with Crippen LogP contribution in [-0.2, 0) is 23.0 Å². The summed E-state index contributed by atoms with van der Waals surface area (Å²) < 4.78 is 28.4. The first-order chi connectivity index (χ1) is 10.8. The van der Waals surface area contributed by atoms with Gasteiger partial charge in [0.1, 0.15) is 10.6 Å². The van der Waals surface area contributed by atoms with Gasteiger partial charge in [0, 0.05) is 24.3 Å². The maximum absolute atomic E-state index is 12.2. The van der Waals surface area contributed by atoms with Gasteiger partial charge in [0.15, 0.2) is 0 Å². The molecular formula is C15H17ClN2O4S. The standard InChI is InChI=1S/C15H17ClN2O4S/c1-2-18-10-13(9-14(18)15(19)20)23(21,22)17-7-6-11-4-3-5-12(16)8-11/h3-5,8-10,17H,2,6-7H2,1H3,(H,19,20). The van der Waals surface area contributed by atoms with Crippen molar-refractivity contribution in [1.29, 1.82) is 0 Å². The van der Waals surface area contributed by atoms with Crippen molar-refractivity contribution in [3.63, 3.8) is 0 Å². The van der Waals surface area contributed by atoms with Gasteiger partial charge in [0.05, 0.1) is 0 Å². The molecule has 0 radical (unpaired) electrons. The van der Waals surface area contributed by atoms with Crippen LogP contribution in [0.25, 0.3) is 0 Å². The Morgan fingerprint density at radius 2 is 2.09 bits per heavy atom. The van der Waals surface area contributed by atoms with Gasteiger partial charge in [-0.2, -0.15) is 0 Å². The summed E-state index contributed by atoms with van der Waals surface area (Å²) in [5, 5.41) is 9.67. The Kier molecular flexibility index (Phi) is 5.46. The third kappa shape index (κ3) is 4.34. The zero-order valence-corrected chi connectivity index (χ0v) is 14.1. The number of rotatable bonds is 7. The number of aromatic nitrogens is 1. The normalized spacial score (nSPS) is 11.6. The molecule has 2 rings (SSSR count). The van der Waals surface area contributed by atoms with Gasteiger partial charge < -0.3 is 9.67 Å². The molecule has 0 amide bonds. The highest BCUT2D eigenvalue weighted by molar-refractivity contribution is 7.89. The molecule has 0 aliphatic carbocycles. The lowest BCUT2D eigenvalue weighted by Gasteiger charge is -2.05. The minimum Gasteiger partial charge on any atom is -0.477 e. The number of benzene rings is 1. The van der Waals surface area contributed by atoms with Crippen molar-refractivity contribution in [3.8, 4) is 0 Å². The molecule has 1 heterocycles. The fourth-order valence-electron chi connectivity index (χ4n) is 2.18. The van der Waals surface area contributed by atoms with Gasteiger partial charge in [-0.05, 0) is 37.1 Å². The number of sulfonamides is 1. The minimum absolute atomic E-state index is 0.0529.